The molecule has 1 unspecified atom stereocenters. The average Bonchev–Trinajstić information content (AvgIpc) is 3.15. The van der Waals surface area contributed by atoms with Crippen LogP contribution in [0.1, 0.15) is 72.5 Å². The number of aromatic nitrogens is 2. The lowest BCUT2D eigenvalue weighted by Gasteiger charge is -2.29. The zero-order valence-electron chi connectivity index (χ0n) is 19.7. The SMILES string of the molecule is O=C1CCC(N2Cc3cc(OC4CCCCC4)ccc3C2=O)C(=O)N1.c1cnnc(C2CNC2)c1. The van der Waals surface area contributed by atoms with Crippen molar-refractivity contribution >= 4 is 17.7 Å². The first-order valence-corrected chi connectivity index (χ1v) is 12.5. The van der Waals surface area contributed by atoms with Gasteiger partial charge in [0, 0.05) is 43.7 Å². The molecule has 3 aliphatic heterocycles. The van der Waals surface area contributed by atoms with Gasteiger partial charge >= 0.3 is 0 Å². The monoisotopic (exact) mass is 477 g/mol. The average molecular weight is 478 g/mol. The van der Waals surface area contributed by atoms with Gasteiger partial charge in [-0.2, -0.15) is 10.2 Å². The van der Waals surface area contributed by atoms with Gasteiger partial charge in [0.05, 0.1) is 11.8 Å². The van der Waals surface area contributed by atoms with Gasteiger partial charge in [0.25, 0.3) is 5.91 Å². The minimum absolute atomic E-state index is 0.145. The molecule has 0 radical (unpaired) electrons. The highest BCUT2D eigenvalue weighted by molar-refractivity contribution is 6.05. The molecule has 3 fully saturated rings. The van der Waals surface area contributed by atoms with Crippen molar-refractivity contribution in [1.29, 1.82) is 0 Å². The number of benzene rings is 1. The van der Waals surface area contributed by atoms with Crippen LogP contribution in [-0.2, 0) is 16.1 Å². The van der Waals surface area contributed by atoms with Gasteiger partial charge < -0.3 is 15.0 Å². The third kappa shape index (κ3) is 5.35. The first kappa shape index (κ1) is 23.4. The Bertz CT molecular complexity index is 1080. The molecule has 0 spiro atoms. The smallest absolute Gasteiger partial charge is 0.255 e. The first-order valence-electron chi connectivity index (χ1n) is 12.5. The van der Waals surface area contributed by atoms with Crippen molar-refractivity contribution in [2.75, 3.05) is 13.1 Å². The molecule has 1 saturated carbocycles. The number of carbonyl (C=O) groups excluding carboxylic acids is 3. The van der Waals surface area contributed by atoms with Gasteiger partial charge in [0.2, 0.25) is 11.8 Å². The van der Waals surface area contributed by atoms with E-state index < -0.39 is 6.04 Å². The molecule has 184 valence electrons. The van der Waals surface area contributed by atoms with E-state index in [9.17, 15) is 14.4 Å². The van der Waals surface area contributed by atoms with Crippen LogP contribution in [0.25, 0.3) is 0 Å². The van der Waals surface area contributed by atoms with E-state index in [-0.39, 0.29) is 30.2 Å². The fourth-order valence-electron chi connectivity index (χ4n) is 5.03. The van der Waals surface area contributed by atoms with Gasteiger partial charge in [-0.15, -0.1) is 0 Å². The third-order valence-corrected chi connectivity index (χ3v) is 7.14. The molecule has 6 rings (SSSR count). The van der Waals surface area contributed by atoms with E-state index in [1.807, 2.05) is 24.3 Å². The molecule has 2 N–H and O–H groups in total. The largest absolute Gasteiger partial charge is 0.490 e. The number of imide groups is 1. The highest BCUT2D eigenvalue weighted by Gasteiger charge is 2.39. The maximum Gasteiger partial charge on any atom is 0.255 e. The standard InChI is InChI=1S/C19H22N2O4.C7H9N3/c22-17-9-8-16(18(23)20-17)21-11-12-10-14(6-7-15(12)19(21)24)25-13-4-2-1-3-5-13;1-2-7(10-9-3-1)6-4-8-5-6/h6-7,10,13,16H,1-5,8-9,11H2,(H,20,22,23);1-3,6,8H,4-5H2. The number of piperidine rings is 1. The van der Waals surface area contributed by atoms with Crippen LogP contribution in [0.2, 0.25) is 0 Å². The lowest BCUT2D eigenvalue weighted by Crippen LogP contribution is -2.52. The van der Waals surface area contributed by atoms with Crippen LogP contribution < -0.4 is 15.4 Å². The molecule has 1 aromatic carbocycles. The van der Waals surface area contributed by atoms with Crippen molar-refractivity contribution in [1.82, 2.24) is 25.7 Å². The molecular weight excluding hydrogens is 446 g/mol. The molecule has 1 aliphatic carbocycles. The molecular formula is C26H31N5O4. The number of hydrogen-bond acceptors (Lipinski definition) is 7. The summed E-state index contributed by atoms with van der Waals surface area (Å²) in [5.74, 6) is 0.607. The van der Waals surface area contributed by atoms with Crippen LogP contribution in [0.5, 0.6) is 5.75 Å². The summed E-state index contributed by atoms with van der Waals surface area (Å²) >= 11 is 0. The van der Waals surface area contributed by atoms with Gasteiger partial charge in [0.1, 0.15) is 11.8 Å². The summed E-state index contributed by atoms with van der Waals surface area (Å²) in [6.45, 7) is 2.50. The predicted octanol–water partition coefficient (Wildman–Crippen LogP) is 2.32. The van der Waals surface area contributed by atoms with Gasteiger partial charge in [-0.3, -0.25) is 19.7 Å². The van der Waals surface area contributed by atoms with Crippen molar-refractivity contribution in [3.8, 4) is 5.75 Å². The van der Waals surface area contributed by atoms with E-state index in [1.165, 1.54) is 19.3 Å². The fraction of sp³-hybridized carbons (Fsp3) is 0.500. The Morgan fingerprint density at radius 2 is 1.83 bits per heavy atom. The lowest BCUT2D eigenvalue weighted by molar-refractivity contribution is -0.136. The Hall–Kier alpha value is -3.33. The number of rotatable bonds is 4. The Labute approximate surface area is 204 Å². The zero-order chi connectivity index (χ0) is 24.2. The molecule has 9 heteroatoms. The van der Waals surface area contributed by atoms with E-state index in [1.54, 1.807) is 17.2 Å². The highest BCUT2D eigenvalue weighted by Crippen LogP contribution is 2.31. The van der Waals surface area contributed by atoms with E-state index in [0.29, 0.717) is 24.4 Å². The molecule has 4 aliphatic rings. The van der Waals surface area contributed by atoms with Gasteiger partial charge in [-0.05, 0) is 68.0 Å². The van der Waals surface area contributed by atoms with Crippen molar-refractivity contribution in [3.63, 3.8) is 0 Å². The predicted molar refractivity (Wildman–Crippen MR) is 128 cm³/mol. The maximum absolute atomic E-state index is 12.6. The molecule has 4 heterocycles. The lowest BCUT2D eigenvalue weighted by atomic mass is 9.98. The fourth-order valence-corrected chi connectivity index (χ4v) is 5.03. The summed E-state index contributed by atoms with van der Waals surface area (Å²) in [5, 5.41) is 13.3. The van der Waals surface area contributed by atoms with Crippen LogP contribution in [0, 0.1) is 0 Å². The molecule has 9 nitrogen and oxygen atoms in total. The molecule has 2 aromatic rings. The van der Waals surface area contributed by atoms with Crippen LogP contribution in [0.3, 0.4) is 0 Å². The molecule has 1 aromatic heterocycles. The minimum atomic E-state index is -0.569. The topological polar surface area (TPSA) is 114 Å². The van der Waals surface area contributed by atoms with Crippen LogP contribution in [0.4, 0.5) is 0 Å². The molecule has 3 amide bonds. The van der Waals surface area contributed by atoms with E-state index in [2.05, 4.69) is 20.8 Å². The summed E-state index contributed by atoms with van der Waals surface area (Å²) in [6.07, 6.45) is 8.47. The van der Waals surface area contributed by atoms with Crippen molar-refractivity contribution in [2.24, 2.45) is 0 Å². The Balaban J connectivity index is 0.000000211. The second kappa shape index (κ2) is 10.5. The summed E-state index contributed by atoms with van der Waals surface area (Å²) in [4.78, 5) is 37.6. The van der Waals surface area contributed by atoms with E-state index in [0.717, 1.165) is 42.9 Å². The Morgan fingerprint density at radius 3 is 2.51 bits per heavy atom. The number of carbonyl (C=O) groups is 3. The molecule has 2 saturated heterocycles. The van der Waals surface area contributed by atoms with Crippen molar-refractivity contribution in [2.45, 2.75) is 69.6 Å². The normalized spacial score (nSPS) is 22.6. The summed E-state index contributed by atoms with van der Waals surface area (Å²) in [7, 11) is 0. The highest BCUT2D eigenvalue weighted by atomic mass is 16.5. The number of ether oxygens (including phenoxy) is 1. The van der Waals surface area contributed by atoms with Crippen LogP contribution in [0.15, 0.2) is 36.5 Å². The van der Waals surface area contributed by atoms with Crippen molar-refractivity contribution < 1.29 is 19.1 Å². The van der Waals surface area contributed by atoms with E-state index in [4.69, 9.17) is 4.74 Å². The first-order chi connectivity index (χ1) is 17.1. The van der Waals surface area contributed by atoms with Gasteiger partial charge in [-0.1, -0.05) is 6.42 Å². The maximum atomic E-state index is 12.6. The van der Waals surface area contributed by atoms with Crippen LogP contribution >= 0.6 is 0 Å². The summed E-state index contributed by atoms with van der Waals surface area (Å²) < 4.78 is 6.08. The Kier molecular flexibility index (Phi) is 7.03. The zero-order valence-corrected chi connectivity index (χ0v) is 19.7. The quantitative estimate of drug-likeness (QED) is 0.650. The third-order valence-electron chi connectivity index (χ3n) is 7.14. The van der Waals surface area contributed by atoms with Gasteiger partial charge in [-0.25, -0.2) is 0 Å². The minimum Gasteiger partial charge on any atom is -0.490 e. The summed E-state index contributed by atoms with van der Waals surface area (Å²) in [5.41, 5.74) is 2.63. The number of fused-ring (bicyclic) bond motifs is 1. The van der Waals surface area contributed by atoms with Gasteiger partial charge in [0.15, 0.2) is 0 Å². The Morgan fingerprint density at radius 1 is 1.00 bits per heavy atom. The number of nitrogens with one attached hydrogen (secondary N) is 2. The second-order valence-electron chi connectivity index (χ2n) is 9.60. The number of amides is 3. The molecule has 0 bridgehead atoms. The summed E-state index contributed by atoms with van der Waals surface area (Å²) in [6, 6.07) is 8.95. The van der Waals surface area contributed by atoms with E-state index >= 15 is 0 Å². The molecule has 1 atom stereocenters. The second-order valence-corrected chi connectivity index (χ2v) is 9.60. The molecule has 35 heavy (non-hydrogen) atoms. The number of hydrogen-bond donors (Lipinski definition) is 2. The van der Waals surface area contributed by atoms with Crippen molar-refractivity contribution in [3.05, 3.63) is 53.3 Å². The van der Waals surface area contributed by atoms with Crippen LogP contribution in [-0.4, -0.2) is 58.1 Å². The number of nitrogens with zero attached hydrogens (tertiary/aromatic N) is 3.